The Balaban J connectivity index is 1.67. The van der Waals surface area contributed by atoms with Gasteiger partial charge in [-0.25, -0.2) is 8.42 Å². The number of rotatable bonds is 5. The number of thiophene rings is 1. The van der Waals surface area contributed by atoms with Gasteiger partial charge in [-0.05, 0) is 34.5 Å². The van der Waals surface area contributed by atoms with Gasteiger partial charge in [0.15, 0.2) is 0 Å². The maximum absolute atomic E-state index is 12.7. The Morgan fingerprint density at radius 2 is 1.88 bits per heavy atom. The molecule has 130 valence electrons. The van der Waals surface area contributed by atoms with E-state index in [1.807, 2.05) is 40.5 Å². The van der Waals surface area contributed by atoms with Crippen LogP contribution in [0.4, 0.5) is 0 Å². The average molecular weight is 367 g/mol. The third kappa shape index (κ3) is 3.88. The molecule has 8 heteroatoms. The number of hydrogen-bond acceptors (Lipinski definition) is 4. The first-order chi connectivity index (χ1) is 11.4. The fraction of sp³-hybridized carbons (Fsp3) is 0.438. The highest BCUT2D eigenvalue weighted by atomic mass is 32.2. The largest absolute Gasteiger partial charge is 0.346 e. The van der Waals surface area contributed by atoms with Crippen LogP contribution in [0.25, 0.3) is 0 Å². The minimum atomic E-state index is -3.18. The topological polar surface area (TPSA) is 62.6 Å². The number of amides is 1. The molecule has 0 unspecified atom stereocenters. The number of sulfonamides is 1. The van der Waals surface area contributed by atoms with Gasteiger partial charge in [0, 0.05) is 38.6 Å². The highest BCUT2D eigenvalue weighted by Gasteiger charge is 2.28. The molecule has 3 rings (SSSR count). The number of carbonyl (C=O) groups excluding carboxylic acids is 1. The first kappa shape index (κ1) is 17.2. The highest BCUT2D eigenvalue weighted by Crippen LogP contribution is 2.25. The first-order valence-electron chi connectivity index (χ1n) is 7.82. The zero-order valence-electron chi connectivity index (χ0n) is 13.5. The maximum atomic E-state index is 12.7. The van der Waals surface area contributed by atoms with Crippen molar-refractivity contribution in [1.29, 1.82) is 0 Å². The lowest BCUT2D eigenvalue weighted by Gasteiger charge is -2.34. The van der Waals surface area contributed by atoms with Gasteiger partial charge in [0.2, 0.25) is 15.9 Å². The van der Waals surface area contributed by atoms with E-state index in [-0.39, 0.29) is 11.9 Å². The normalized spacial score (nSPS) is 17.8. The second-order valence-electron chi connectivity index (χ2n) is 5.95. The summed E-state index contributed by atoms with van der Waals surface area (Å²) in [6, 6.07) is 5.93. The SMILES string of the molecule is CS(=O)(=O)N1CCN(C(=O)C[C@@H](c2ccsc2)n2cccc2)CC1. The van der Waals surface area contributed by atoms with E-state index in [0.29, 0.717) is 32.6 Å². The Morgan fingerprint density at radius 1 is 1.21 bits per heavy atom. The van der Waals surface area contributed by atoms with E-state index in [0.717, 1.165) is 5.56 Å². The summed E-state index contributed by atoms with van der Waals surface area (Å²) in [6.45, 7) is 1.65. The molecular weight excluding hydrogens is 346 g/mol. The van der Waals surface area contributed by atoms with Crippen LogP contribution in [0.1, 0.15) is 18.0 Å². The zero-order valence-corrected chi connectivity index (χ0v) is 15.2. The predicted octanol–water partition coefficient (Wildman–Crippen LogP) is 1.63. The van der Waals surface area contributed by atoms with E-state index in [1.165, 1.54) is 10.6 Å². The van der Waals surface area contributed by atoms with Crippen molar-refractivity contribution in [2.24, 2.45) is 0 Å². The lowest BCUT2D eigenvalue weighted by Crippen LogP contribution is -2.50. The Bertz CT molecular complexity index is 727. The first-order valence-corrected chi connectivity index (χ1v) is 10.6. The Morgan fingerprint density at radius 3 is 2.42 bits per heavy atom. The molecule has 0 N–H and O–H groups in total. The van der Waals surface area contributed by atoms with E-state index in [9.17, 15) is 13.2 Å². The van der Waals surface area contributed by atoms with Crippen LogP contribution >= 0.6 is 11.3 Å². The Labute approximate surface area is 146 Å². The van der Waals surface area contributed by atoms with E-state index in [2.05, 4.69) is 5.38 Å². The maximum Gasteiger partial charge on any atom is 0.225 e. The molecule has 0 aromatic carbocycles. The van der Waals surface area contributed by atoms with Gasteiger partial charge < -0.3 is 9.47 Å². The van der Waals surface area contributed by atoms with Crippen LogP contribution in [0.15, 0.2) is 41.4 Å². The molecule has 0 radical (unpaired) electrons. The van der Waals surface area contributed by atoms with Crippen molar-refractivity contribution < 1.29 is 13.2 Å². The summed E-state index contributed by atoms with van der Waals surface area (Å²) in [7, 11) is -3.18. The third-order valence-electron chi connectivity index (χ3n) is 4.34. The molecule has 0 saturated carbocycles. The van der Waals surface area contributed by atoms with Gasteiger partial charge in [0.25, 0.3) is 0 Å². The van der Waals surface area contributed by atoms with Gasteiger partial charge in [-0.3, -0.25) is 4.79 Å². The van der Waals surface area contributed by atoms with Crippen LogP contribution < -0.4 is 0 Å². The van der Waals surface area contributed by atoms with Crippen molar-refractivity contribution in [3.63, 3.8) is 0 Å². The van der Waals surface area contributed by atoms with Crippen molar-refractivity contribution in [1.82, 2.24) is 13.8 Å². The summed E-state index contributed by atoms with van der Waals surface area (Å²) in [4.78, 5) is 14.5. The molecule has 1 aliphatic heterocycles. The summed E-state index contributed by atoms with van der Waals surface area (Å²) < 4.78 is 26.6. The van der Waals surface area contributed by atoms with Gasteiger partial charge in [0.05, 0.1) is 18.7 Å². The van der Waals surface area contributed by atoms with E-state index in [4.69, 9.17) is 0 Å². The number of nitrogens with zero attached hydrogens (tertiary/aromatic N) is 3. The fourth-order valence-corrected chi connectivity index (χ4v) is 4.51. The van der Waals surface area contributed by atoms with Crippen LogP contribution in [0.5, 0.6) is 0 Å². The van der Waals surface area contributed by atoms with Gasteiger partial charge in [-0.2, -0.15) is 15.6 Å². The van der Waals surface area contributed by atoms with Crippen LogP contribution in [0.3, 0.4) is 0 Å². The van der Waals surface area contributed by atoms with Gasteiger partial charge in [-0.1, -0.05) is 0 Å². The standard InChI is InChI=1S/C16H21N3O3S2/c1-24(21,22)19-9-7-18(8-10-19)16(20)12-15(14-4-11-23-13-14)17-5-2-3-6-17/h2-6,11,13,15H,7-10,12H2,1H3/t15-/m0/s1. The molecule has 0 aliphatic carbocycles. The van der Waals surface area contributed by atoms with Gasteiger partial charge >= 0.3 is 0 Å². The number of carbonyl (C=O) groups is 1. The molecule has 6 nitrogen and oxygen atoms in total. The predicted molar refractivity (Wildman–Crippen MR) is 94.5 cm³/mol. The second kappa shape index (κ2) is 7.08. The average Bonchev–Trinajstić information content (AvgIpc) is 3.25. The second-order valence-corrected chi connectivity index (χ2v) is 8.71. The molecule has 1 aliphatic rings. The molecule has 2 aromatic rings. The molecule has 1 fully saturated rings. The summed E-state index contributed by atoms with van der Waals surface area (Å²) in [5.74, 6) is 0.0630. The van der Waals surface area contributed by atoms with Gasteiger partial charge in [-0.15, -0.1) is 0 Å². The lowest BCUT2D eigenvalue weighted by atomic mass is 10.1. The van der Waals surface area contributed by atoms with Crippen molar-refractivity contribution in [2.75, 3.05) is 32.4 Å². The Hall–Kier alpha value is -1.64. The van der Waals surface area contributed by atoms with Crippen molar-refractivity contribution >= 4 is 27.3 Å². The van der Waals surface area contributed by atoms with E-state index < -0.39 is 10.0 Å². The van der Waals surface area contributed by atoms with Crippen molar-refractivity contribution in [3.8, 4) is 0 Å². The smallest absolute Gasteiger partial charge is 0.225 e. The van der Waals surface area contributed by atoms with E-state index in [1.54, 1.807) is 16.2 Å². The van der Waals surface area contributed by atoms with Crippen LogP contribution in [0, 0.1) is 0 Å². The molecule has 1 amide bonds. The molecular formula is C16H21N3O3S2. The quantitative estimate of drug-likeness (QED) is 0.807. The minimum absolute atomic E-state index is 0.0216. The summed E-state index contributed by atoms with van der Waals surface area (Å²) in [6.07, 6.45) is 5.53. The molecule has 2 aromatic heterocycles. The zero-order chi connectivity index (χ0) is 17.2. The lowest BCUT2D eigenvalue weighted by molar-refractivity contribution is -0.133. The van der Waals surface area contributed by atoms with Crippen LogP contribution in [-0.4, -0.2) is 60.5 Å². The van der Waals surface area contributed by atoms with Gasteiger partial charge in [0.1, 0.15) is 0 Å². The summed E-state index contributed by atoms with van der Waals surface area (Å²) in [5.41, 5.74) is 1.12. The molecule has 1 atom stereocenters. The number of aromatic nitrogens is 1. The third-order valence-corrected chi connectivity index (χ3v) is 6.35. The molecule has 0 spiro atoms. The summed E-state index contributed by atoms with van der Waals surface area (Å²) >= 11 is 1.62. The minimum Gasteiger partial charge on any atom is -0.346 e. The summed E-state index contributed by atoms with van der Waals surface area (Å²) in [5, 5.41) is 4.08. The van der Waals surface area contributed by atoms with Crippen molar-refractivity contribution in [3.05, 3.63) is 46.9 Å². The Kier molecular flexibility index (Phi) is 5.07. The number of piperazine rings is 1. The molecule has 1 saturated heterocycles. The molecule has 24 heavy (non-hydrogen) atoms. The van der Waals surface area contributed by atoms with Crippen LogP contribution in [0.2, 0.25) is 0 Å². The monoisotopic (exact) mass is 367 g/mol. The van der Waals surface area contributed by atoms with Crippen molar-refractivity contribution in [2.45, 2.75) is 12.5 Å². The molecule has 0 bridgehead atoms. The molecule has 3 heterocycles. The fourth-order valence-electron chi connectivity index (χ4n) is 2.98. The van der Waals surface area contributed by atoms with Crippen LogP contribution in [-0.2, 0) is 14.8 Å². The number of hydrogen-bond donors (Lipinski definition) is 0. The highest BCUT2D eigenvalue weighted by molar-refractivity contribution is 7.88. The van der Waals surface area contributed by atoms with E-state index >= 15 is 0 Å².